The topological polar surface area (TPSA) is 127 Å². The fourth-order valence-electron chi connectivity index (χ4n) is 2.89. The lowest BCUT2D eigenvalue weighted by Gasteiger charge is -2.09. The smallest absolute Gasteiger partial charge is 0.244 e. The van der Waals surface area contributed by atoms with E-state index in [4.69, 9.17) is 0 Å². The Morgan fingerprint density at radius 2 is 1.76 bits per heavy atom. The molecule has 0 aliphatic rings. The van der Waals surface area contributed by atoms with E-state index in [0.717, 1.165) is 0 Å². The summed E-state index contributed by atoms with van der Waals surface area (Å²) in [7, 11) is -3.63. The second-order valence-electron chi connectivity index (χ2n) is 6.28. The van der Waals surface area contributed by atoms with E-state index in [0.29, 0.717) is 41.9 Å². The Hall–Kier alpha value is -3.05. The van der Waals surface area contributed by atoms with E-state index >= 15 is 0 Å². The van der Waals surface area contributed by atoms with Gasteiger partial charge in [-0.1, -0.05) is 6.07 Å². The highest BCUT2D eigenvalue weighted by molar-refractivity contribution is 7.89. The molecule has 3 aromatic rings. The molecule has 11 heteroatoms. The molecule has 0 aliphatic heterocycles. The van der Waals surface area contributed by atoms with Gasteiger partial charge in [0.15, 0.2) is 5.82 Å². The van der Waals surface area contributed by atoms with E-state index in [1.54, 1.807) is 36.9 Å². The minimum Gasteiger partial charge on any atom is -0.367 e. The summed E-state index contributed by atoms with van der Waals surface area (Å²) in [5.41, 5.74) is 1.12. The van der Waals surface area contributed by atoms with Gasteiger partial charge in [-0.15, -0.1) is 10.2 Å². The van der Waals surface area contributed by atoms with Gasteiger partial charge in [0.25, 0.3) is 0 Å². The molecule has 29 heavy (non-hydrogen) atoms. The minimum absolute atomic E-state index is 0.203. The Morgan fingerprint density at radius 1 is 1.00 bits per heavy atom. The number of nitrogens with zero attached hydrogens (tertiary/aromatic N) is 5. The van der Waals surface area contributed by atoms with Gasteiger partial charge in [-0.25, -0.2) is 18.1 Å². The quantitative estimate of drug-likeness (QED) is 0.451. The standard InChI is InChI=1S/C18H24N8O2S/c1-4-26-14(3)18(13(2)25-26)29(27,28)21-12-11-20-16-8-9-17(24-23-16)22-15-7-5-6-10-19-15/h5-10,21H,4,11-12H2,1-3H3,(H,20,23)(H,19,22,24). The largest absolute Gasteiger partial charge is 0.367 e. The zero-order chi connectivity index (χ0) is 20.9. The Balaban J connectivity index is 1.52. The Labute approximate surface area is 169 Å². The number of nitrogens with one attached hydrogen (secondary N) is 3. The summed E-state index contributed by atoms with van der Waals surface area (Å²) < 4.78 is 29.5. The molecule has 0 unspecified atom stereocenters. The molecule has 0 spiro atoms. The van der Waals surface area contributed by atoms with Gasteiger partial charge in [-0.05, 0) is 45.0 Å². The lowest BCUT2D eigenvalue weighted by molar-refractivity contribution is 0.580. The third-order valence-corrected chi connectivity index (χ3v) is 5.90. The van der Waals surface area contributed by atoms with Crippen molar-refractivity contribution in [2.75, 3.05) is 23.7 Å². The molecule has 0 aromatic carbocycles. The van der Waals surface area contributed by atoms with Gasteiger partial charge in [0.05, 0.1) is 11.4 Å². The number of hydrogen-bond donors (Lipinski definition) is 3. The van der Waals surface area contributed by atoms with E-state index < -0.39 is 10.0 Å². The first-order chi connectivity index (χ1) is 13.9. The van der Waals surface area contributed by atoms with Crippen molar-refractivity contribution >= 4 is 27.5 Å². The van der Waals surface area contributed by atoms with Crippen LogP contribution < -0.4 is 15.4 Å². The average Bonchev–Trinajstić information content (AvgIpc) is 3.01. The predicted molar refractivity (Wildman–Crippen MR) is 111 cm³/mol. The number of hydrogen-bond acceptors (Lipinski definition) is 8. The summed E-state index contributed by atoms with van der Waals surface area (Å²) in [5, 5.41) is 18.5. The van der Waals surface area contributed by atoms with E-state index in [1.807, 2.05) is 25.1 Å². The first-order valence-corrected chi connectivity index (χ1v) is 10.7. The van der Waals surface area contributed by atoms with Crippen molar-refractivity contribution < 1.29 is 8.42 Å². The molecule has 3 rings (SSSR count). The molecule has 0 atom stereocenters. The Bertz CT molecular complexity index is 1050. The lowest BCUT2D eigenvalue weighted by atomic mass is 10.4. The van der Waals surface area contributed by atoms with E-state index in [1.165, 1.54) is 0 Å². The third kappa shape index (κ3) is 5.06. The third-order valence-electron chi connectivity index (χ3n) is 4.19. The van der Waals surface area contributed by atoms with Crippen molar-refractivity contribution in [3.05, 3.63) is 47.9 Å². The molecule has 0 radical (unpaired) electrons. The predicted octanol–water partition coefficient (Wildman–Crippen LogP) is 1.84. The van der Waals surface area contributed by atoms with Gasteiger partial charge < -0.3 is 10.6 Å². The van der Waals surface area contributed by atoms with Crippen molar-refractivity contribution in [3.63, 3.8) is 0 Å². The zero-order valence-corrected chi connectivity index (χ0v) is 17.4. The number of sulfonamides is 1. The molecule has 0 fully saturated rings. The summed E-state index contributed by atoms with van der Waals surface area (Å²) in [4.78, 5) is 4.40. The van der Waals surface area contributed by atoms with Crippen molar-refractivity contribution in [2.45, 2.75) is 32.2 Å². The van der Waals surface area contributed by atoms with Crippen LogP contribution in [-0.4, -0.2) is 46.5 Å². The second-order valence-corrected chi connectivity index (χ2v) is 7.99. The van der Waals surface area contributed by atoms with Crippen molar-refractivity contribution in [1.29, 1.82) is 0 Å². The summed E-state index contributed by atoms with van der Waals surface area (Å²) in [5.74, 6) is 1.78. The monoisotopic (exact) mass is 416 g/mol. The number of rotatable bonds is 9. The number of aromatic nitrogens is 5. The van der Waals surface area contributed by atoms with Crippen LogP contribution in [0.5, 0.6) is 0 Å². The molecule has 3 N–H and O–H groups in total. The van der Waals surface area contributed by atoms with Gasteiger partial charge in [0, 0.05) is 25.8 Å². The number of pyridine rings is 1. The number of aryl methyl sites for hydroxylation is 2. The van der Waals surface area contributed by atoms with Crippen LogP contribution in [0.2, 0.25) is 0 Å². The normalized spacial score (nSPS) is 11.4. The molecule has 0 aliphatic carbocycles. The SMILES string of the molecule is CCn1nc(C)c(S(=O)(=O)NCCNc2ccc(Nc3ccccn3)nn2)c1C. The highest BCUT2D eigenvalue weighted by Crippen LogP contribution is 2.19. The van der Waals surface area contributed by atoms with Crippen LogP contribution in [0.1, 0.15) is 18.3 Å². The van der Waals surface area contributed by atoms with Crippen LogP contribution in [0.15, 0.2) is 41.4 Å². The van der Waals surface area contributed by atoms with Crippen LogP contribution >= 0.6 is 0 Å². The van der Waals surface area contributed by atoms with Crippen LogP contribution in [0.25, 0.3) is 0 Å². The van der Waals surface area contributed by atoms with Gasteiger partial charge in [-0.3, -0.25) is 4.68 Å². The van der Waals surface area contributed by atoms with Gasteiger partial charge in [-0.2, -0.15) is 5.10 Å². The van der Waals surface area contributed by atoms with Crippen molar-refractivity contribution in [2.24, 2.45) is 0 Å². The highest BCUT2D eigenvalue weighted by atomic mass is 32.2. The molecular formula is C18H24N8O2S. The first-order valence-electron chi connectivity index (χ1n) is 9.20. The van der Waals surface area contributed by atoms with Crippen LogP contribution in [0.3, 0.4) is 0 Å². The highest BCUT2D eigenvalue weighted by Gasteiger charge is 2.23. The first kappa shape index (κ1) is 20.7. The second kappa shape index (κ2) is 8.97. The summed E-state index contributed by atoms with van der Waals surface area (Å²) in [6.07, 6.45) is 1.68. The summed E-state index contributed by atoms with van der Waals surface area (Å²) >= 11 is 0. The molecule has 3 heterocycles. The molecule has 154 valence electrons. The summed E-state index contributed by atoms with van der Waals surface area (Å²) in [6, 6.07) is 9.05. The van der Waals surface area contributed by atoms with E-state index in [-0.39, 0.29) is 11.4 Å². The molecule has 3 aromatic heterocycles. The van der Waals surface area contributed by atoms with Crippen LogP contribution in [-0.2, 0) is 16.6 Å². The lowest BCUT2D eigenvalue weighted by Crippen LogP contribution is -2.29. The number of anilines is 3. The van der Waals surface area contributed by atoms with Crippen LogP contribution in [0, 0.1) is 13.8 Å². The van der Waals surface area contributed by atoms with Crippen molar-refractivity contribution in [3.8, 4) is 0 Å². The van der Waals surface area contributed by atoms with Crippen molar-refractivity contribution in [1.82, 2.24) is 29.7 Å². The van der Waals surface area contributed by atoms with Gasteiger partial charge >= 0.3 is 0 Å². The molecule has 0 bridgehead atoms. The molecular weight excluding hydrogens is 392 g/mol. The molecule has 0 saturated heterocycles. The fourth-order valence-corrected chi connectivity index (χ4v) is 4.33. The average molecular weight is 417 g/mol. The fraction of sp³-hybridized carbons (Fsp3) is 0.333. The Kier molecular flexibility index (Phi) is 6.39. The maximum atomic E-state index is 12.6. The molecule has 10 nitrogen and oxygen atoms in total. The molecule has 0 saturated carbocycles. The minimum atomic E-state index is -3.63. The van der Waals surface area contributed by atoms with Gasteiger partial charge in [0.1, 0.15) is 16.5 Å². The maximum Gasteiger partial charge on any atom is 0.244 e. The maximum absolute atomic E-state index is 12.6. The molecule has 0 amide bonds. The van der Waals surface area contributed by atoms with Crippen LogP contribution in [0.4, 0.5) is 17.5 Å². The summed E-state index contributed by atoms with van der Waals surface area (Å²) in [6.45, 7) is 6.56. The Morgan fingerprint density at radius 3 is 2.38 bits per heavy atom. The van der Waals surface area contributed by atoms with Gasteiger partial charge in [0.2, 0.25) is 10.0 Å². The van der Waals surface area contributed by atoms with E-state index in [9.17, 15) is 8.42 Å². The van der Waals surface area contributed by atoms with E-state index in [2.05, 4.69) is 35.6 Å². The zero-order valence-electron chi connectivity index (χ0n) is 16.5.